The van der Waals surface area contributed by atoms with Crippen molar-refractivity contribution in [1.82, 2.24) is 0 Å². The average Bonchev–Trinajstić information content (AvgIpc) is 3.01. The number of methoxy groups -OCH3 is 2. The van der Waals surface area contributed by atoms with Crippen molar-refractivity contribution < 1.29 is 14.3 Å². The lowest BCUT2D eigenvalue weighted by molar-refractivity contribution is -0.122. The third kappa shape index (κ3) is 4.07. The van der Waals surface area contributed by atoms with Crippen LogP contribution in [0.2, 0.25) is 0 Å². The lowest BCUT2D eigenvalue weighted by atomic mass is 9.76. The summed E-state index contributed by atoms with van der Waals surface area (Å²) in [5.74, 6) is 1.12. The van der Waals surface area contributed by atoms with E-state index in [-0.39, 0.29) is 23.7 Å². The third-order valence-electron chi connectivity index (χ3n) is 6.65. The van der Waals surface area contributed by atoms with E-state index in [2.05, 4.69) is 63.8 Å². The van der Waals surface area contributed by atoms with Gasteiger partial charge >= 0.3 is 0 Å². The minimum absolute atomic E-state index is 0.0369. The lowest BCUT2D eigenvalue weighted by Gasteiger charge is -2.33. The molecule has 3 unspecified atom stereocenters. The molecule has 2 N–H and O–H groups in total. The molecule has 6 heteroatoms. The van der Waals surface area contributed by atoms with E-state index in [4.69, 9.17) is 9.47 Å². The molecule has 0 saturated heterocycles. The second kappa shape index (κ2) is 9.18. The van der Waals surface area contributed by atoms with Gasteiger partial charge in [0, 0.05) is 18.0 Å². The van der Waals surface area contributed by atoms with E-state index in [1.54, 1.807) is 14.2 Å². The van der Waals surface area contributed by atoms with Gasteiger partial charge in [0.2, 0.25) is 0 Å². The molecule has 0 bridgehead atoms. The number of para-hydroxylation sites is 2. The molecule has 3 atom stereocenters. The number of aryl methyl sites for hydroxylation is 1. The maximum absolute atomic E-state index is 13.7. The molecule has 1 heterocycles. The predicted octanol–water partition coefficient (Wildman–Crippen LogP) is 6.61. The van der Waals surface area contributed by atoms with Crippen LogP contribution >= 0.6 is 15.9 Å². The number of rotatable bonds is 4. The number of allylic oxidation sites excluding steroid dienone is 1. The number of benzene rings is 3. The number of ether oxygens (including phenoxy) is 2. The second-order valence-electron chi connectivity index (χ2n) is 8.82. The molecule has 2 aliphatic rings. The molecular formula is C28H27BrN2O3. The molecule has 0 amide bonds. The summed E-state index contributed by atoms with van der Waals surface area (Å²) in [4.78, 5) is 13.7. The summed E-state index contributed by atoms with van der Waals surface area (Å²) in [6.07, 6.45) is 2.69. The molecule has 0 fully saturated rings. The van der Waals surface area contributed by atoms with Crippen molar-refractivity contribution >= 4 is 33.1 Å². The van der Waals surface area contributed by atoms with Crippen LogP contribution in [0.1, 0.15) is 35.1 Å². The first-order valence-electron chi connectivity index (χ1n) is 11.3. The number of hydrogen-bond donors (Lipinski definition) is 2. The van der Waals surface area contributed by atoms with Crippen LogP contribution in [0, 0.1) is 12.8 Å². The highest BCUT2D eigenvalue weighted by atomic mass is 79.9. The van der Waals surface area contributed by atoms with Crippen molar-refractivity contribution in [1.29, 1.82) is 0 Å². The maximum Gasteiger partial charge on any atom is 0.174 e. The van der Waals surface area contributed by atoms with Crippen molar-refractivity contribution in [2.45, 2.75) is 25.3 Å². The number of carbonyl (C=O) groups is 1. The molecule has 5 nitrogen and oxygen atoms in total. The molecule has 1 aliphatic heterocycles. The van der Waals surface area contributed by atoms with E-state index in [0.29, 0.717) is 17.9 Å². The highest BCUT2D eigenvalue weighted by molar-refractivity contribution is 9.10. The van der Waals surface area contributed by atoms with E-state index in [0.717, 1.165) is 32.7 Å². The fourth-order valence-corrected chi connectivity index (χ4v) is 5.55. The van der Waals surface area contributed by atoms with Crippen molar-refractivity contribution in [3.63, 3.8) is 0 Å². The summed E-state index contributed by atoms with van der Waals surface area (Å²) in [7, 11) is 3.23. The van der Waals surface area contributed by atoms with Gasteiger partial charge in [-0.2, -0.15) is 0 Å². The zero-order valence-corrected chi connectivity index (χ0v) is 21.0. The molecule has 174 valence electrons. The van der Waals surface area contributed by atoms with Crippen LogP contribution < -0.4 is 20.1 Å². The first-order valence-corrected chi connectivity index (χ1v) is 12.1. The van der Waals surface area contributed by atoms with Crippen LogP contribution in [-0.4, -0.2) is 20.0 Å². The van der Waals surface area contributed by atoms with E-state index >= 15 is 0 Å². The number of anilines is 2. The van der Waals surface area contributed by atoms with Gasteiger partial charge in [0.15, 0.2) is 11.5 Å². The van der Waals surface area contributed by atoms with Gasteiger partial charge in [-0.05, 0) is 58.2 Å². The van der Waals surface area contributed by atoms with Crippen molar-refractivity contribution in [2.75, 3.05) is 24.9 Å². The van der Waals surface area contributed by atoms with Crippen LogP contribution in [-0.2, 0) is 4.79 Å². The van der Waals surface area contributed by atoms with E-state index in [9.17, 15) is 4.79 Å². The number of nitrogens with one attached hydrogen (secondary N) is 2. The van der Waals surface area contributed by atoms with Gasteiger partial charge in [-0.1, -0.05) is 48.0 Å². The van der Waals surface area contributed by atoms with Crippen molar-refractivity contribution in [3.8, 4) is 11.5 Å². The number of hydrogen-bond acceptors (Lipinski definition) is 5. The van der Waals surface area contributed by atoms with Crippen molar-refractivity contribution in [2.24, 2.45) is 5.92 Å². The molecule has 3 aromatic carbocycles. The first kappa shape index (κ1) is 22.5. The largest absolute Gasteiger partial charge is 0.493 e. The normalized spacial score (nSPS) is 21.2. The number of halogens is 1. The molecule has 0 radical (unpaired) electrons. The monoisotopic (exact) mass is 518 g/mol. The Balaban J connectivity index is 1.63. The van der Waals surface area contributed by atoms with Gasteiger partial charge in [0.05, 0.1) is 42.0 Å². The van der Waals surface area contributed by atoms with Crippen LogP contribution in [0.4, 0.5) is 11.4 Å². The molecular weight excluding hydrogens is 492 g/mol. The van der Waals surface area contributed by atoms with E-state index in [1.807, 2.05) is 36.4 Å². The molecule has 0 saturated carbocycles. The smallest absolute Gasteiger partial charge is 0.174 e. The zero-order valence-electron chi connectivity index (χ0n) is 19.4. The SMILES string of the molecule is COc1cc(C2Nc3ccccc3NC3=CC(c4ccc(C)cc4)CC(=O)C32)cc(Br)c1OC. The van der Waals surface area contributed by atoms with Gasteiger partial charge in [0.1, 0.15) is 5.78 Å². The van der Waals surface area contributed by atoms with E-state index < -0.39 is 0 Å². The fraction of sp³-hybridized carbons (Fsp3) is 0.250. The Morgan fingerprint density at radius 2 is 1.68 bits per heavy atom. The molecule has 34 heavy (non-hydrogen) atoms. The average molecular weight is 519 g/mol. The fourth-order valence-electron chi connectivity index (χ4n) is 4.93. The standard InChI is InChI=1S/C28H27BrN2O3/c1-16-8-10-17(11-9-16)18-13-23-26(24(32)14-18)27(31-22-7-5-4-6-21(22)30-23)19-12-20(29)28(34-3)25(15-19)33-2/h4-13,15,18,26-27,30-31H,14H2,1-3H3. The van der Waals surface area contributed by atoms with Gasteiger partial charge in [-0.3, -0.25) is 4.79 Å². The number of carbonyl (C=O) groups excluding carboxylic acids is 1. The highest BCUT2D eigenvalue weighted by Crippen LogP contribution is 2.47. The summed E-state index contributed by atoms with van der Waals surface area (Å²) in [6, 6.07) is 20.2. The summed E-state index contributed by atoms with van der Waals surface area (Å²) >= 11 is 3.62. The number of fused-ring (bicyclic) bond motifs is 2. The molecule has 0 spiro atoms. The Bertz CT molecular complexity index is 1270. The molecule has 5 rings (SSSR count). The van der Waals surface area contributed by atoms with Crippen LogP contribution in [0.15, 0.2) is 76.9 Å². The third-order valence-corrected chi connectivity index (χ3v) is 7.24. The lowest BCUT2D eigenvalue weighted by Crippen LogP contribution is -2.33. The summed E-state index contributed by atoms with van der Waals surface area (Å²) in [6.45, 7) is 2.08. The predicted molar refractivity (Wildman–Crippen MR) is 139 cm³/mol. The molecule has 3 aromatic rings. The Morgan fingerprint density at radius 1 is 0.941 bits per heavy atom. The molecule has 1 aliphatic carbocycles. The molecule has 0 aromatic heterocycles. The first-order chi connectivity index (χ1) is 16.5. The zero-order chi connectivity index (χ0) is 23.8. The summed E-state index contributed by atoms with van der Waals surface area (Å²) < 4.78 is 11.9. The van der Waals surface area contributed by atoms with Crippen molar-refractivity contribution in [3.05, 3.63) is 93.6 Å². The van der Waals surface area contributed by atoms with Gasteiger partial charge in [-0.15, -0.1) is 0 Å². The highest BCUT2D eigenvalue weighted by Gasteiger charge is 2.40. The van der Waals surface area contributed by atoms with Gasteiger partial charge in [0.25, 0.3) is 0 Å². The van der Waals surface area contributed by atoms with Crippen LogP contribution in [0.25, 0.3) is 0 Å². The summed E-state index contributed by atoms with van der Waals surface area (Å²) in [5, 5.41) is 7.22. The Kier molecular flexibility index (Phi) is 6.09. The second-order valence-corrected chi connectivity index (χ2v) is 9.67. The summed E-state index contributed by atoms with van der Waals surface area (Å²) in [5.41, 5.74) is 6.15. The number of ketones is 1. The minimum Gasteiger partial charge on any atom is -0.493 e. The van der Waals surface area contributed by atoms with Gasteiger partial charge in [-0.25, -0.2) is 0 Å². The van der Waals surface area contributed by atoms with E-state index in [1.165, 1.54) is 5.56 Å². The minimum atomic E-state index is -0.362. The maximum atomic E-state index is 13.7. The quantitative estimate of drug-likeness (QED) is 0.406. The topological polar surface area (TPSA) is 59.6 Å². The van der Waals surface area contributed by atoms with Gasteiger partial charge < -0.3 is 20.1 Å². The Hall–Kier alpha value is -3.25. The Labute approximate surface area is 208 Å². The van der Waals surface area contributed by atoms with Crippen LogP contribution in [0.5, 0.6) is 11.5 Å². The van der Waals surface area contributed by atoms with Crippen LogP contribution in [0.3, 0.4) is 0 Å². The number of Topliss-reactive ketones (excluding diaryl/α,β-unsaturated/α-hetero) is 1. The Morgan fingerprint density at radius 3 is 2.38 bits per heavy atom.